The van der Waals surface area contributed by atoms with E-state index in [0.29, 0.717) is 19.3 Å². The fraction of sp³-hybridized carbons (Fsp3) is 0.818. The summed E-state index contributed by atoms with van der Waals surface area (Å²) in [6.07, 6.45) is 0.00756. The molecule has 0 aromatic rings. The van der Waals surface area contributed by atoms with E-state index in [-0.39, 0.29) is 11.8 Å². The number of rotatable bonds is 3. The molecule has 0 aromatic heterocycles. The maximum atomic E-state index is 9.80. The minimum Gasteiger partial charge on any atom is -0.392 e. The Morgan fingerprint density at radius 2 is 1.87 bits per heavy atom. The van der Waals surface area contributed by atoms with Crippen LogP contribution in [0.5, 0.6) is 0 Å². The van der Waals surface area contributed by atoms with Gasteiger partial charge >= 0.3 is 0 Å². The summed E-state index contributed by atoms with van der Waals surface area (Å²) in [5.74, 6) is 2.95. The average molecular weight is 277 g/mol. The molecule has 4 heteroatoms. The van der Waals surface area contributed by atoms with E-state index in [0.717, 1.165) is 0 Å². The highest BCUT2D eigenvalue weighted by atomic mass is 79.9. The lowest BCUT2D eigenvalue weighted by Crippen LogP contribution is -2.19. The Morgan fingerprint density at radius 3 is 2.33 bits per heavy atom. The van der Waals surface area contributed by atoms with Crippen molar-refractivity contribution in [1.29, 1.82) is 0 Å². The van der Waals surface area contributed by atoms with Crippen molar-refractivity contribution in [3.8, 4) is 10.8 Å². The molecule has 1 fully saturated rings. The SMILES string of the molecule is C[C@H](C#CBr)[C@H](O)CC1C[C@@H](O)[C@@H](O)C1. The van der Waals surface area contributed by atoms with Gasteiger partial charge in [-0.2, -0.15) is 0 Å². The molecule has 1 aliphatic carbocycles. The summed E-state index contributed by atoms with van der Waals surface area (Å²) in [4.78, 5) is 2.59. The van der Waals surface area contributed by atoms with Gasteiger partial charge in [0.2, 0.25) is 0 Å². The van der Waals surface area contributed by atoms with E-state index < -0.39 is 18.3 Å². The summed E-state index contributed by atoms with van der Waals surface area (Å²) in [5.41, 5.74) is 0. The molecule has 0 aliphatic heterocycles. The molecule has 0 spiro atoms. The Hall–Kier alpha value is -0.0800. The monoisotopic (exact) mass is 276 g/mol. The summed E-state index contributed by atoms with van der Waals surface area (Å²) in [7, 11) is 0. The van der Waals surface area contributed by atoms with Crippen LogP contribution in [0, 0.1) is 22.6 Å². The second-order valence-corrected chi connectivity index (χ2v) is 4.70. The normalized spacial score (nSPS) is 34.3. The van der Waals surface area contributed by atoms with Crippen LogP contribution in [0.2, 0.25) is 0 Å². The van der Waals surface area contributed by atoms with Crippen molar-refractivity contribution in [2.75, 3.05) is 0 Å². The Morgan fingerprint density at radius 1 is 1.33 bits per heavy atom. The zero-order valence-electron chi connectivity index (χ0n) is 8.73. The van der Waals surface area contributed by atoms with Gasteiger partial charge in [0.05, 0.1) is 18.3 Å². The average Bonchev–Trinajstić information content (AvgIpc) is 2.46. The molecule has 1 rings (SSSR count). The fourth-order valence-corrected chi connectivity index (χ4v) is 2.37. The van der Waals surface area contributed by atoms with Crippen LogP contribution in [0.25, 0.3) is 0 Å². The Balaban J connectivity index is 2.38. The molecule has 15 heavy (non-hydrogen) atoms. The van der Waals surface area contributed by atoms with Crippen LogP contribution in [0.1, 0.15) is 26.2 Å². The summed E-state index contributed by atoms with van der Waals surface area (Å²) in [5, 5.41) is 28.5. The number of halogens is 1. The standard InChI is InChI=1S/C11H17BrO3/c1-7(2-3-12)9(13)4-8-5-10(14)11(15)6-8/h7-11,13-15H,4-6H2,1H3/t7-,8?,9-,10-,11+/m1/s1. The molecule has 0 heterocycles. The molecule has 1 aliphatic rings. The third-order valence-electron chi connectivity index (χ3n) is 3.03. The molecule has 0 aromatic carbocycles. The topological polar surface area (TPSA) is 60.7 Å². The van der Waals surface area contributed by atoms with Crippen LogP contribution in [0.15, 0.2) is 0 Å². The van der Waals surface area contributed by atoms with Gasteiger partial charge in [0.15, 0.2) is 0 Å². The Labute approximate surface area is 98.6 Å². The summed E-state index contributed by atoms with van der Waals surface area (Å²) >= 11 is 3.00. The summed E-state index contributed by atoms with van der Waals surface area (Å²) in [6.45, 7) is 1.86. The minimum absolute atomic E-state index is 0.0840. The van der Waals surface area contributed by atoms with Gasteiger partial charge in [-0.1, -0.05) is 5.92 Å². The number of aliphatic hydroxyl groups is 3. The molecule has 0 saturated heterocycles. The third-order valence-corrected chi connectivity index (χ3v) is 3.26. The summed E-state index contributed by atoms with van der Waals surface area (Å²) < 4.78 is 0. The van der Waals surface area contributed by atoms with Crippen molar-refractivity contribution < 1.29 is 15.3 Å². The maximum absolute atomic E-state index is 9.80. The lowest BCUT2D eigenvalue weighted by molar-refractivity contribution is 0.0438. The van der Waals surface area contributed by atoms with E-state index in [1.807, 2.05) is 6.92 Å². The van der Waals surface area contributed by atoms with E-state index >= 15 is 0 Å². The van der Waals surface area contributed by atoms with Gasteiger partial charge in [0, 0.05) is 21.8 Å². The van der Waals surface area contributed by atoms with E-state index in [2.05, 4.69) is 26.7 Å². The molecule has 1 unspecified atom stereocenters. The second-order valence-electron chi connectivity index (χ2n) is 4.30. The highest BCUT2D eigenvalue weighted by Crippen LogP contribution is 2.30. The highest BCUT2D eigenvalue weighted by Gasteiger charge is 2.33. The van der Waals surface area contributed by atoms with E-state index in [4.69, 9.17) is 0 Å². The van der Waals surface area contributed by atoms with Crippen LogP contribution in [-0.2, 0) is 0 Å². The van der Waals surface area contributed by atoms with Gasteiger partial charge < -0.3 is 15.3 Å². The molecule has 0 bridgehead atoms. The van der Waals surface area contributed by atoms with Crippen molar-refractivity contribution in [3.63, 3.8) is 0 Å². The van der Waals surface area contributed by atoms with Crippen LogP contribution in [0.4, 0.5) is 0 Å². The first kappa shape index (κ1) is 13.0. The van der Waals surface area contributed by atoms with Gasteiger partial charge in [-0.25, -0.2) is 0 Å². The first-order valence-electron chi connectivity index (χ1n) is 5.20. The number of hydrogen-bond donors (Lipinski definition) is 3. The predicted octanol–water partition coefficient (Wildman–Crippen LogP) is 0.861. The largest absolute Gasteiger partial charge is 0.392 e. The lowest BCUT2D eigenvalue weighted by Gasteiger charge is -2.17. The van der Waals surface area contributed by atoms with Crippen LogP contribution in [-0.4, -0.2) is 33.6 Å². The van der Waals surface area contributed by atoms with Gasteiger partial charge in [-0.05, 0) is 36.9 Å². The molecule has 1 saturated carbocycles. The molecular formula is C11H17BrO3. The smallest absolute Gasteiger partial charge is 0.0801 e. The van der Waals surface area contributed by atoms with Crippen molar-refractivity contribution in [2.24, 2.45) is 11.8 Å². The molecule has 0 amide bonds. The van der Waals surface area contributed by atoms with Gasteiger partial charge in [0.25, 0.3) is 0 Å². The zero-order valence-corrected chi connectivity index (χ0v) is 10.3. The van der Waals surface area contributed by atoms with Gasteiger partial charge in [-0.15, -0.1) is 0 Å². The van der Waals surface area contributed by atoms with Gasteiger partial charge in [-0.3, -0.25) is 0 Å². The molecule has 3 nitrogen and oxygen atoms in total. The number of aliphatic hydroxyl groups excluding tert-OH is 3. The first-order chi connectivity index (χ1) is 7.04. The minimum atomic E-state index is -0.625. The number of hydrogen-bond acceptors (Lipinski definition) is 3. The lowest BCUT2D eigenvalue weighted by atomic mass is 9.93. The Kier molecular flexibility index (Phi) is 5.07. The van der Waals surface area contributed by atoms with Crippen molar-refractivity contribution >= 4 is 15.9 Å². The predicted molar refractivity (Wildman–Crippen MR) is 61.2 cm³/mol. The van der Waals surface area contributed by atoms with E-state index in [1.54, 1.807) is 0 Å². The molecule has 0 radical (unpaired) electrons. The molecular weight excluding hydrogens is 260 g/mol. The van der Waals surface area contributed by atoms with E-state index in [1.165, 1.54) is 0 Å². The fourth-order valence-electron chi connectivity index (χ4n) is 2.01. The quantitative estimate of drug-likeness (QED) is 0.671. The van der Waals surface area contributed by atoms with Crippen molar-refractivity contribution in [3.05, 3.63) is 0 Å². The summed E-state index contributed by atoms with van der Waals surface area (Å²) in [6, 6.07) is 0. The Bertz CT molecular complexity index is 248. The molecule has 86 valence electrons. The van der Waals surface area contributed by atoms with Crippen LogP contribution in [0.3, 0.4) is 0 Å². The van der Waals surface area contributed by atoms with Crippen molar-refractivity contribution in [1.82, 2.24) is 0 Å². The second kappa shape index (κ2) is 5.86. The van der Waals surface area contributed by atoms with Crippen LogP contribution < -0.4 is 0 Å². The highest BCUT2D eigenvalue weighted by molar-refractivity contribution is 9.12. The van der Waals surface area contributed by atoms with Gasteiger partial charge in [0.1, 0.15) is 0 Å². The third kappa shape index (κ3) is 3.76. The first-order valence-corrected chi connectivity index (χ1v) is 5.99. The van der Waals surface area contributed by atoms with Crippen LogP contribution >= 0.6 is 15.9 Å². The maximum Gasteiger partial charge on any atom is 0.0801 e. The molecule has 3 N–H and O–H groups in total. The zero-order chi connectivity index (χ0) is 11.4. The van der Waals surface area contributed by atoms with E-state index in [9.17, 15) is 15.3 Å². The molecule has 5 atom stereocenters. The van der Waals surface area contributed by atoms with Crippen molar-refractivity contribution in [2.45, 2.75) is 44.5 Å².